The van der Waals surface area contributed by atoms with Crippen LogP contribution in [0.4, 0.5) is 0 Å². The summed E-state index contributed by atoms with van der Waals surface area (Å²) < 4.78 is 5.22. The van der Waals surface area contributed by atoms with Gasteiger partial charge in [-0.1, -0.05) is 13.8 Å². The van der Waals surface area contributed by atoms with Gasteiger partial charge in [-0.25, -0.2) is 0 Å². The number of hydrogen-bond acceptors (Lipinski definition) is 4. The molecule has 6 heteroatoms. The van der Waals surface area contributed by atoms with Crippen molar-refractivity contribution in [2.24, 2.45) is 11.1 Å². The zero-order valence-electron chi connectivity index (χ0n) is 13.1. The van der Waals surface area contributed by atoms with E-state index in [2.05, 4.69) is 4.98 Å². The molecule has 0 atom stereocenters. The topological polar surface area (TPSA) is 92.3 Å². The number of aromatic amines is 1. The minimum atomic E-state index is -0.434. The molecular weight excluding hydrogens is 282 g/mol. The molecule has 0 spiro atoms. The molecule has 2 rings (SSSR count). The Morgan fingerprint density at radius 3 is 2.64 bits per heavy atom. The quantitative estimate of drug-likeness (QED) is 0.879. The van der Waals surface area contributed by atoms with Crippen LogP contribution in [0.5, 0.6) is 0 Å². The Labute approximate surface area is 128 Å². The van der Waals surface area contributed by atoms with Crippen LogP contribution in [0.2, 0.25) is 0 Å². The van der Waals surface area contributed by atoms with Crippen LogP contribution in [-0.4, -0.2) is 35.9 Å². The molecule has 6 nitrogen and oxygen atoms in total. The van der Waals surface area contributed by atoms with Gasteiger partial charge in [-0.3, -0.25) is 9.59 Å². The molecule has 1 amide bonds. The van der Waals surface area contributed by atoms with E-state index < -0.39 is 5.56 Å². The molecule has 22 heavy (non-hydrogen) atoms. The van der Waals surface area contributed by atoms with Crippen molar-refractivity contribution < 1.29 is 9.21 Å². The van der Waals surface area contributed by atoms with Crippen molar-refractivity contribution >= 4 is 5.91 Å². The summed E-state index contributed by atoms with van der Waals surface area (Å²) in [4.78, 5) is 28.7. The summed E-state index contributed by atoms with van der Waals surface area (Å²) in [5, 5.41) is 0. The zero-order chi connectivity index (χ0) is 16.3. The number of furan rings is 1. The number of amides is 1. The molecule has 0 saturated heterocycles. The molecule has 0 aromatic carbocycles. The Balaban J connectivity index is 2.22. The molecule has 2 aromatic rings. The van der Waals surface area contributed by atoms with E-state index in [0.29, 0.717) is 24.5 Å². The van der Waals surface area contributed by atoms with E-state index in [1.165, 1.54) is 17.2 Å². The number of nitrogens with zero attached hydrogens (tertiary/aromatic N) is 1. The Bertz CT molecular complexity index is 702. The first-order chi connectivity index (χ1) is 10.3. The zero-order valence-corrected chi connectivity index (χ0v) is 13.1. The summed E-state index contributed by atoms with van der Waals surface area (Å²) in [7, 11) is 1.67. The smallest absolute Gasteiger partial charge is 0.261 e. The van der Waals surface area contributed by atoms with E-state index in [1.807, 2.05) is 13.8 Å². The number of aromatic nitrogens is 1. The number of nitrogens with one attached hydrogen (secondary N) is 1. The van der Waals surface area contributed by atoms with Crippen LogP contribution in [0, 0.1) is 5.41 Å². The molecule has 3 N–H and O–H groups in total. The average molecular weight is 303 g/mol. The maximum Gasteiger partial charge on any atom is 0.261 e. The van der Waals surface area contributed by atoms with E-state index in [0.717, 1.165) is 0 Å². The Kier molecular flexibility index (Phi) is 4.51. The summed E-state index contributed by atoms with van der Waals surface area (Å²) in [6.45, 7) is 4.88. The van der Waals surface area contributed by atoms with Crippen molar-refractivity contribution in [1.29, 1.82) is 0 Å². The van der Waals surface area contributed by atoms with Crippen LogP contribution in [0.3, 0.4) is 0 Å². The fourth-order valence-electron chi connectivity index (χ4n) is 2.20. The molecule has 0 aliphatic carbocycles. The number of H-pyrrole nitrogens is 1. The predicted molar refractivity (Wildman–Crippen MR) is 84.6 cm³/mol. The highest BCUT2D eigenvalue weighted by atomic mass is 16.3. The molecule has 0 radical (unpaired) electrons. The largest absolute Gasteiger partial charge is 0.463 e. The molecule has 0 unspecified atom stereocenters. The van der Waals surface area contributed by atoms with Crippen LogP contribution in [-0.2, 0) is 0 Å². The first-order valence-corrected chi connectivity index (χ1v) is 7.07. The summed E-state index contributed by atoms with van der Waals surface area (Å²) in [5.41, 5.74) is 5.68. The third kappa shape index (κ3) is 3.46. The van der Waals surface area contributed by atoms with Crippen molar-refractivity contribution in [1.82, 2.24) is 9.88 Å². The molecule has 0 bridgehead atoms. The van der Waals surface area contributed by atoms with Gasteiger partial charge in [-0.05, 0) is 36.2 Å². The number of rotatable bonds is 5. The molecule has 0 saturated carbocycles. The van der Waals surface area contributed by atoms with Crippen molar-refractivity contribution in [2.75, 3.05) is 20.1 Å². The van der Waals surface area contributed by atoms with Gasteiger partial charge in [0, 0.05) is 13.6 Å². The predicted octanol–water partition coefficient (Wildman–Crippen LogP) is 1.69. The lowest BCUT2D eigenvalue weighted by Gasteiger charge is -2.28. The highest BCUT2D eigenvalue weighted by molar-refractivity contribution is 5.93. The lowest BCUT2D eigenvalue weighted by atomic mass is 9.93. The maximum absolute atomic E-state index is 12.4. The van der Waals surface area contributed by atoms with Gasteiger partial charge in [-0.15, -0.1) is 0 Å². The highest BCUT2D eigenvalue weighted by Gasteiger charge is 2.23. The molecule has 118 valence electrons. The van der Waals surface area contributed by atoms with Gasteiger partial charge in [0.05, 0.1) is 12.0 Å². The second-order valence-corrected chi connectivity index (χ2v) is 6.12. The lowest BCUT2D eigenvalue weighted by molar-refractivity contribution is 0.0739. The molecule has 0 aliphatic heterocycles. The summed E-state index contributed by atoms with van der Waals surface area (Å²) in [6, 6.07) is 6.65. The third-order valence-electron chi connectivity index (χ3n) is 3.49. The van der Waals surface area contributed by atoms with Crippen LogP contribution < -0.4 is 11.3 Å². The third-order valence-corrected chi connectivity index (χ3v) is 3.49. The van der Waals surface area contributed by atoms with Crippen LogP contribution in [0.1, 0.15) is 24.2 Å². The molecule has 0 fully saturated rings. The van der Waals surface area contributed by atoms with E-state index >= 15 is 0 Å². The van der Waals surface area contributed by atoms with Gasteiger partial charge in [-0.2, -0.15) is 0 Å². The average Bonchev–Trinajstić information content (AvgIpc) is 3.00. The van der Waals surface area contributed by atoms with E-state index in [1.54, 1.807) is 25.2 Å². The number of nitrogens with two attached hydrogens (primary N) is 1. The number of pyridine rings is 1. The maximum atomic E-state index is 12.4. The standard InChI is InChI=1S/C16H21N3O3/c1-16(2,9-17)10-19(3)15(21)11-6-7-12(18-14(11)20)13-5-4-8-22-13/h4-8H,9-10,17H2,1-3H3,(H,18,20). The van der Waals surface area contributed by atoms with Gasteiger partial charge in [0.1, 0.15) is 11.3 Å². The summed E-state index contributed by atoms with van der Waals surface area (Å²) in [5.74, 6) is 0.225. The Hall–Kier alpha value is -2.34. The Morgan fingerprint density at radius 2 is 2.09 bits per heavy atom. The highest BCUT2D eigenvalue weighted by Crippen LogP contribution is 2.17. The first-order valence-electron chi connectivity index (χ1n) is 7.07. The fourth-order valence-corrected chi connectivity index (χ4v) is 2.20. The SMILES string of the molecule is CN(CC(C)(C)CN)C(=O)c1ccc(-c2ccco2)[nH]c1=O. The van der Waals surface area contributed by atoms with Gasteiger partial charge in [0.2, 0.25) is 0 Å². The first kappa shape index (κ1) is 16.0. The van der Waals surface area contributed by atoms with E-state index in [-0.39, 0.29) is 16.9 Å². The van der Waals surface area contributed by atoms with Crippen molar-refractivity contribution in [3.05, 3.63) is 46.4 Å². The Morgan fingerprint density at radius 1 is 1.36 bits per heavy atom. The number of hydrogen-bond donors (Lipinski definition) is 2. The van der Waals surface area contributed by atoms with Gasteiger partial charge in [0.25, 0.3) is 11.5 Å². The lowest BCUT2D eigenvalue weighted by Crippen LogP contribution is -2.41. The van der Waals surface area contributed by atoms with Gasteiger partial charge in [0.15, 0.2) is 0 Å². The van der Waals surface area contributed by atoms with Crippen molar-refractivity contribution in [3.63, 3.8) is 0 Å². The van der Waals surface area contributed by atoms with E-state index in [4.69, 9.17) is 10.2 Å². The van der Waals surface area contributed by atoms with Crippen molar-refractivity contribution in [2.45, 2.75) is 13.8 Å². The minimum absolute atomic E-state index is 0.102. The number of carbonyl (C=O) groups is 1. The summed E-state index contributed by atoms with van der Waals surface area (Å²) in [6.07, 6.45) is 1.52. The molecule has 0 aliphatic rings. The van der Waals surface area contributed by atoms with Crippen molar-refractivity contribution in [3.8, 4) is 11.5 Å². The van der Waals surface area contributed by atoms with Gasteiger partial charge < -0.3 is 20.0 Å². The van der Waals surface area contributed by atoms with E-state index in [9.17, 15) is 9.59 Å². The second-order valence-electron chi connectivity index (χ2n) is 6.12. The fraction of sp³-hybridized carbons (Fsp3) is 0.375. The summed E-state index contributed by atoms with van der Waals surface area (Å²) >= 11 is 0. The number of carbonyl (C=O) groups excluding carboxylic acids is 1. The monoisotopic (exact) mass is 303 g/mol. The molecule has 2 heterocycles. The second kappa shape index (κ2) is 6.19. The van der Waals surface area contributed by atoms with Gasteiger partial charge >= 0.3 is 0 Å². The normalized spacial score (nSPS) is 11.5. The van der Waals surface area contributed by atoms with Crippen LogP contribution >= 0.6 is 0 Å². The molecular formula is C16H21N3O3. The minimum Gasteiger partial charge on any atom is -0.463 e. The van der Waals surface area contributed by atoms with Crippen LogP contribution in [0.25, 0.3) is 11.5 Å². The molecule has 2 aromatic heterocycles. The van der Waals surface area contributed by atoms with Crippen LogP contribution in [0.15, 0.2) is 39.7 Å².